The molecular formula is C16H10FN3. The first-order chi connectivity index (χ1) is 9.78. The normalized spacial score (nSPS) is 10.2. The lowest BCUT2D eigenvalue weighted by atomic mass is 10.1. The van der Waals surface area contributed by atoms with Crippen molar-refractivity contribution in [3.8, 4) is 6.07 Å². The fourth-order valence-corrected chi connectivity index (χ4v) is 2.04. The second-order valence-corrected chi connectivity index (χ2v) is 4.32. The van der Waals surface area contributed by atoms with Gasteiger partial charge in [0.25, 0.3) is 0 Å². The number of fused-ring (bicyclic) bond motifs is 1. The minimum atomic E-state index is -0.536. The molecule has 4 heteroatoms. The van der Waals surface area contributed by atoms with Gasteiger partial charge in [-0.1, -0.05) is 24.3 Å². The van der Waals surface area contributed by atoms with Crippen molar-refractivity contribution in [1.82, 2.24) is 4.98 Å². The predicted molar refractivity (Wildman–Crippen MR) is 76.1 cm³/mol. The molecule has 3 rings (SSSR count). The van der Waals surface area contributed by atoms with Crippen molar-refractivity contribution in [2.45, 2.75) is 0 Å². The minimum Gasteiger partial charge on any atom is -0.353 e. The Kier molecular flexibility index (Phi) is 3.02. The molecule has 0 amide bonds. The summed E-state index contributed by atoms with van der Waals surface area (Å²) < 4.78 is 13.5. The van der Waals surface area contributed by atoms with Gasteiger partial charge in [0.2, 0.25) is 0 Å². The molecule has 0 unspecified atom stereocenters. The molecule has 0 saturated heterocycles. The largest absolute Gasteiger partial charge is 0.353 e. The lowest BCUT2D eigenvalue weighted by Gasteiger charge is -2.09. The van der Waals surface area contributed by atoms with E-state index >= 15 is 0 Å². The van der Waals surface area contributed by atoms with Crippen molar-refractivity contribution in [1.29, 1.82) is 5.26 Å². The highest BCUT2D eigenvalue weighted by Gasteiger charge is 2.08. The van der Waals surface area contributed by atoms with Gasteiger partial charge in [-0.25, -0.2) is 4.39 Å². The van der Waals surface area contributed by atoms with Crippen LogP contribution in [0.2, 0.25) is 0 Å². The van der Waals surface area contributed by atoms with Crippen LogP contribution in [0.25, 0.3) is 10.9 Å². The highest BCUT2D eigenvalue weighted by atomic mass is 19.1. The molecular weight excluding hydrogens is 253 g/mol. The Balaban J connectivity index is 2.02. The van der Waals surface area contributed by atoms with E-state index in [1.807, 2.05) is 36.4 Å². The van der Waals surface area contributed by atoms with Crippen LogP contribution in [-0.4, -0.2) is 4.98 Å². The molecule has 0 fully saturated rings. The second-order valence-electron chi connectivity index (χ2n) is 4.32. The Labute approximate surface area is 115 Å². The van der Waals surface area contributed by atoms with E-state index in [9.17, 15) is 4.39 Å². The molecule has 0 atom stereocenters. The molecule has 0 saturated carbocycles. The van der Waals surface area contributed by atoms with Crippen LogP contribution < -0.4 is 5.32 Å². The van der Waals surface area contributed by atoms with Gasteiger partial charge in [-0.05, 0) is 24.3 Å². The molecule has 1 N–H and O–H groups in total. The first-order valence-corrected chi connectivity index (χ1v) is 6.08. The summed E-state index contributed by atoms with van der Waals surface area (Å²) in [4.78, 5) is 4.32. The molecule has 3 aromatic rings. The van der Waals surface area contributed by atoms with Crippen molar-refractivity contribution >= 4 is 22.3 Å². The summed E-state index contributed by atoms with van der Waals surface area (Å²) in [5, 5.41) is 13.0. The van der Waals surface area contributed by atoms with E-state index in [2.05, 4.69) is 10.3 Å². The molecule has 1 aromatic heterocycles. The van der Waals surface area contributed by atoms with E-state index in [0.29, 0.717) is 11.4 Å². The number of anilines is 2. The standard InChI is InChI=1S/C16H10FN3/c17-14-5-3-7-16(13(14)9-18)20-12-8-11-4-1-2-6-15(11)19-10-12/h1-8,10,20H. The van der Waals surface area contributed by atoms with Crippen LogP contribution in [0.4, 0.5) is 15.8 Å². The number of nitriles is 1. The number of para-hydroxylation sites is 1. The van der Waals surface area contributed by atoms with Crippen LogP contribution in [0, 0.1) is 17.1 Å². The number of rotatable bonds is 2. The SMILES string of the molecule is N#Cc1c(F)cccc1Nc1cnc2ccccc2c1. The summed E-state index contributed by atoms with van der Waals surface area (Å²) in [7, 11) is 0. The van der Waals surface area contributed by atoms with Crippen molar-refractivity contribution in [3.05, 3.63) is 66.1 Å². The van der Waals surface area contributed by atoms with E-state index in [0.717, 1.165) is 10.9 Å². The zero-order valence-corrected chi connectivity index (χ0v) is 10.5. The van der Waals surface area contributed by atoms with Crippen LogP contribution in [0.1, 0.15) is 5.56 Å². The molecule has 0 radical (unpaired) electrons. The van der Waals surface area contributed by atoms with Crippen LogP contribution in [-0.2, 0) is 0 Å². The van der Waals surface area contributed by atoms with Gasteiger partial charge in [0.05, 0.1) is 23.1 Å². The van der Waals surface area contributed by atoms with Gasteiger partial charge < -0.3 is 5.32 Å². The Morgan fingerprint density at radius 3 is 2.80 bits per heavy atom. The first kappa shape index (κ1) is 12.1. The molecule has 0 aliphatic rings. The summed E-state index contributed by atoms with van der Waals surface area (Å²) in [5.41, 5.74) is 2.04. The lowest BCUT2D eigenvalue weighted by molar-refractivity contribution is 0.624. The Morgan fingerprint density at radius 1 is 1.10 bits per heavy atom. The van der Waals surface area contributed by atoms with Gasteiger partial charge in [-0.2, -0.15) is 5.26 Å². The number of hydrogen-bond donors (Lipinski definition) is 1. The van der Waals surface area contributed by atoms with Crippen molar-refractivity contribution < 1.29 is 4.39 Å². The van der Waals surface area contributed by atoms with Crippen molar-refractivity contribution in [3.63, 3.8) is 0 Å². The van der Waals surface area contributed by atoms with Crippen LogP contribution in [0.5, 0.6) is 0 Å². The maximum atomic E-state index is 13.5. The average Bonchev–Trinajstić information content (AvgIpc) is 2.47. The Hall–Kier alpha value is -2.93. The zero-order valence-electron chi connectivity index (χ0n) is 10.5. The van der Waals surface area contributed by atoms with E-state index in [1.165, 1.54) is 6.07 Å². The third-order valence-corrected chi connectivity index (χ3v) is 2.99. The summed E-state index contributed by atoms with van der Waals surface area (Å²) in [6.07, 6.45) is 1.66. The number of nitrogens with zero attached hydrogens (tertiary/aromatic N) is 2. The van der Waals surface area contributed by atoms with Gasteiger partial charge in [-0.15, -0.1) is 0 Å². The third-order valence-electron chi connectivity index (χ3n) is 2.99. The van der Waals surface area contributed by atoms with Crippen molar-refractivity contribution in [2.24, 2.45) is 0 Å². The van der Waals surface area contributed by atoms with Crippen LogP contribution in [0.3, 0.4) is 0 Å². The lowest BCUT2D eigenvalue weighted by Crippen LogP contribution is -1.96. The summed E-state index contributed by atoms with van der Waals surface area (Å²) in [6.45, 7) is 0. The molecule has 96 valence electrons. The minimum absolute atomic E-state index is 0.000610. The maximum Gasteiger partial charge on any atom is 0.143 e. The van der Waals surface area contributed by atoms with E-state index < -0.39 is 5.82 Å². The topological polar surface area (TPSA) is 48.7 Å². The third kappa shape index (κ3) is 2.17. The molecule has 2 aromatic carbocycles. The number of aromatic nitrogens is 1. The highest BCUT2D eigenvalue weighted by molar-refractivity contribution is 5.82. The van der Waals surface area contributed by atoms with Gasteiger partial charge in [0.15, 0.2) is 0 Å². The van der Waals surface area contributed by atoms with Gasteiger partial charge in [-0.3, -0.25) is 4.98 Å². The van der Waals surface area contributed by atoms with E-state index in [4.69, 9.17) is 5.26 Å². The second kappa shape index (κ2) is 4.98. The summed E-state index contributed by atoms with van der Waals surface area (Å²) in [6, 6.07) is 16.0. The number of pyridine rings is 1. The molecule has 0 spiro atoms. The number of hydrogen-bond acceptors (Lipinski definition) is 3. The number of nitrogens with one attached hydrogen (secondary N) is 1. The summed E-state index contributed by atoms with van der Waals surface area (Å²) in [5.74, 6) is -0.536. The van der Waals surface area contributed by atoms with Crippen LogP contribution >= 0.6 is 0 Å². The molecule has 0 aliphatic heterocycles. The fraction of sp³-hybridized carbons (Fsp3) is 0. The van der Waals surface area contributed by atoms with Gasteiger partial charge in [0.1, 0.15) is 17.4 Å². The Morgan fingerprint density at radius 2 is 1.95 bits per heavy atom. The summed E-state index contributed by atoms with van der Waals surface area (Å²) >= 11 is 0. The molecule has 0 aliphatic carbocycles. The highest BCUT2D eigenvalue weighted by Crippen LogP contribution is 2.24. The smallest absolute Gasteiger partial charge is 0.143 e. The first-order valence-electron chi connectivity index (χ1n) is 6.08. The molecule has 3 nitrogen and oxygen atoms in total. The molecule has 0 bridgehead atoms. The fourth-order valence-electron chi connectivity index (χ4n) is 2.04. The quantitative estimate of drug-likeness (QED) is 0.760. The predicted octanol–water partition coefficient (Wildman–Crippen LogP) is 3.99. The average molecular weight is 263 g/mol. The number of benzene rings is 2. The number of halogens is 1. The van der Waals surface area contributed by atoms with E-state index in [-0.39, 0.29) is 5.56 Å². The van der Waals surface area contributed by atoms with Crippen LogP contribution in [0.15, 0.2) is 54.7 Å². The van der Waals surface area contributed by atoms with Crippen molar-refractivity contribution in [2.75, 3.05) is 5.32 Å². The van der Waals surface area contributed by atoms with Gasteiger partial charge in [0, 0.05) is 5.39 Å². The van der Waals surface area contributed by atoms with E-state index in [1.54, 1.807) is 18.3 Å². The zero-order chi connectivity index (χ0) is 13.9. The van der Waals surface area contributed by atoms with Gasteiger partial charge >= 0.3 is 0 Å². The molecule has 20 heavy (non-hydrogen) atoms. The maximum absolute atomic E-state index is 13.5. The monoisotopic (exact) mass is 263 g/mol. The Bertz CT molecular complexity index is 821. The molecule has 1 heterocycles.